The molecule has 0 spiro atoms. The first-order chi connectivity index (χ1) is 7.74. The van der Waals surface area contributed by atoms with Crippen LogP contribution in [0.4, 0.5) is 0 Å². The van der Waals surface area contributed by atoms with Crippen molar-refractivity contribution >= 4 is 8.56 Å². The van der Waals surface area contributed by atoms with Crippen LogP contribution in [0.5, 0.6) is 0 Å². The number of hydrogen-bond donors (Lipinski definition) is 0. The SMILES string of the molecule is CC[Si]1(CC)OOC(C)(C)CCC(C)(C)OO1. The van der Waals surface area contributed by atoms with Crippen LogP contribution in [0, 0.1) is 0 Å². The van der Waals surface area contributed by atoms with Crippen LogP contribution in [0.3, 0.4) is 0 Å². The fraction of sp³-hybridized carbons (Fsp3) is 1.00. The lowest BCUT2D eigenvalue weighted by molar-refractivity contribution is -0.340. The standard InChI is InChI=1S/C12H26O4Si/c1-7-17(8-2)15-13-11(3,4)9-10-12(5,6)14-16-17/h7-10H2,1-6H3. The van der Waals surface area contributed by atoms with Gasteiger partial charge in [-0.1, -0.05) is 13.8 Å². The molecule has 5 heteroatoms. The zero-order valence-electron chi connectivity index (χ0n) is 12.0. The van der Waals surface area contributed by atoms with E-state index in [1.807, 2.05) is 27.7 Å². The zero-order valence-corrected chi connectivity index (χ0v) is 13.0. The molecule has 0 aromatic rings. The Morgan fingerprint density at radius 3 is 1.47 bits per heavy atom. The van der Waals surface area contributed by atoms with Crippen molar-refractivity contribution in [2.24, 2.45) is 0 Å². The molecule has 0 unspecified atom stereocenters. The second kappa shape index (κ2) is 5.36. The molecule has 4 nitrogen and oxygen atoms in total. The topological polar surface area (TPSA) is 36.9 Å². The lowest BCUT2D eigenvalue weighted by Crippen LogP contribution is -2.43. The van der Waals surface area contributed by atoms with Crippen molar-refractivity contribution in [2.45, 2.75) is 77.7 Å². The van der Waals surface area contributed by atoms with Gasteiger partial charge in [-0.25, -0.2) is 18.9 Å². The van der Waals surface area contributed by atoms with Gasteiger partial charge in [0, 0.05) is 0 Å². The summed E-state index contributed by atoms with van der Waals surface area (Å²) in [4.78, 5) is 11.2. The molecule has 0 N–H and O–H groups in total. The normalized spacial score (nSPS) is 27.9. The molecule has 0 amide bonds. The first kappa shape index (κ1) is 15.1. The van der Waals surface area contributed by atoms with Gasteiger partial charge >= 0.3 is 8.56 Å². The second-order valence-electron chi connectivity index (χ2n) is 5.97. The van der Waals surface area contributed by atoms with Crippen molar-refractivity contribution in [3.05, 3.63) is 0 Å². The van der Waals surface area contributed by atoms with E-state index in [0.29, 0.717) is 0 Å². The monoisotopic (exact) mass is 262 g/mol. The van der Waals surface area contributed by atoms with Crippen LogP contribution in [0.15, 0.2) is 0 Å². The van der Waals surface area contributed by atoms with Crippen LogP contribution in [0.25, 0.3) is 0 Å². The molecule has 0 saturated carbocycles. The van der Waals surface area contributed by atoms with E-state index in [2.05, 4.69) is 13.8 Å². The molecule has 1 heterocycles. The Morgan fingerprint density at radius 2 is 1.18 bits per heavy atom. The summed E-state index contributed by atoms with van der Waals surface area (Å²) in [6.45, 7) is 12.3. The third-order valence-electron chi connectivity index (χ3n) is 3.24. The lowest BCUT2D eigenvalue weighted by atomic mass is 9.94. The van der Waals surface area contributed by atoms with Crippen LogP contribution in [-0.2, 0) is 18.9 Å². The predicted molar refractivity (Wildman–Crippen MR) is 68.4 cm³/mol. The molecule has 0 aliphatic carbocycles. The Labute approximate surface area is 106 Å². The van der Waals surface area contributed by atoms with Crippen LogP contribution >= 0.6 is 0 Å². The Kier molecular flexibility index (Phi) is 4.77. The largest absolute Gasteiger partial charge is 0.409 e. The van der Waals surface area contributed by atoms with E-state index in [1.165, 1.54) is 0 Å². The third-order valence-corrected chi connectivity index (χ3v) is 6.17. The van der Waals surface area contributed by atoms with Gasteiger partial charge in [0.25, 0.3) is 0 Å². The summed E-state index contributed by atoms with van der Waals surface area (Å²) in [7, 11) is -2.37. The molecular formula is C12H26O4Si. The number of rotatable bonds is 2. The van der Waals surface area contributed by atoms with E-state index >= 15 is 0 Å². The van der Waals surface area contributed by atoms with Gasteiger partial charge in [0.05, 0.1) is 11.2 Å². The highest BCUT2D eigenvalue weighted by Crippen LogP contribution is 2.32. The molecule has 102 valence electrons. The molecular weight excluding hydrogens is 236 g/mol. The average Bonchev–Trinajstić information content (AvgIpc) is 2.31. The van der Waals surface area contributed by atoms with Crippen molar-refractivity contribution in [3.8, 4) is 0 Å². The molecule has 1 fully saturated rings. The molecule has 1 saturated heterocycles. The molecule has 0 radical (unpaired) electrons. The number of hydrogen-bond acceptors (Lipinski definition) is 4. The minimum Gasteiger partial charge on any atom is -0.248 e. The van der Waals surface area contributed by atoms with Gasteiger partial charge in [-0.3, -0.25) is 0 Å². The van der Waals surface area contributed by atoms with Crippen molar-refractivity contribution < 1.29 is 18.9 Å². The molecule has 1 aliphatic rings. The van der Waals surface area contributed by atoms with Gasteiger partial charge in [-0.15, -0.1) is 0 Å². The summed E-state index contributed by atoms with van der Waals surface area (Å²) < 4.78 is 11.3. The van der Waals surface area contributed by atoms with Gasteiger partial charge in [-0.2, -0.15) is 0 Å². The van der Waals surface area contributed by atoms with E-state index in [-0.39, 0.29) is 11.2 Å². The minimum atomic E-state index is -2.37. The van der Waals surface area contributed by atoms with Gasteiger partial charge in [0.15, 0.2) is 0 Å². The third kappa shape index (κ3) is 4.33. The maximum Gasteiger partial charge on any atom is 0.409 e. The zero-order chi connectivity index (χ0) is 13.2. The second-order valence-corrected chi connectivity index (χ2v) is 9.54. The van der Waals surface area contributed by atoms with Crippen molar-refractivity contribution in [1.29, 1.82) is 0 Å². The molecule has 17 heavy (non-hydrogen) atoms. The van der Waals surface area contributed by atoms with Crippen LogP contribution < -0.4 is 0 Å². The highest BCUT2D eigenvalue weighted by molar-refractivity contribution is 6.66. The highest BCUT2D eigenvalue weighted by atomic mass is 28.4. The van der Waals surface area contributed by atoms with Crippen LogP contribution in [0.2, 0.25) is 12.1 Å². The maximum absolute atomic E-state index is 5.65. The Morgan fingerprint density at radius 1 is 0.824 bits per heavy atom. The highest BCUT2D eigenvalue weighted by Gasteiger charge is 2.43. The Bertz CT molecular complexity index is 227. The summed E-state index contributed by atoms with van der Waals surface area (Å²) in [5.41, 5.74) is -0.589. The van der Waals surface area contributed by atoms with E-state index < -0.39 is 8.56 Å². The lowest BCUT2D eigenvalue weighted by Gasteiger charge is -2.30. The average molecular weight is 262 g/mol. The van der Waals surface area contributed by atoms with Gasteiger partial charge < -0.3 is 0 Å². The quantitative estimate of drug-likeness (QED) is 0.561. The van der Waals surface area contributed by atoms with E-state index in [4.69, 9.17) is 18.9 Å². The summed E-state index contributed by atoms with van der Waals surface area (Å²) in [5.74, 6) is 0. The summed E-state index contributed by atoms with van der Waals surface area (Å²) in [6.07, 6.45) is 1.75. The van der Waals surface area contributed by atoms with E-state index in [0.717, 1.165) is 24.9 Å². The van der Waals surface area contributed by atoms with Gasteiger partial charge in [0.1, 0.15) is 0 Å². The Balaban J connectivity index is 2.85. The summed E-state index contributed by atoms with van der Waals surface area (Å²) in [6, 6.07) is 1.63. The first-order valence-corrected chi connectivity index (χ1v) is 8.71. The predicted octanol–water partition coefficient (Wildman–Crippen LogP) is 3.72. The molecule has 0 aromatic carbocycles. The van der Waals surface area contributed by atoms with E-state index in [9.17, 15) is 0 Å². The molecule has 1 aliphatic heterocycles. The molecule has 0 bridgehead atoms. The summed E-state index contributed by atoms with van der Waals surface area (Å²) >= 11 is 0. The van der Waals surface area contributed by atoms with Crippen molar-refractivity contribution in [3.63, 3.8) is 0 Å². The summed E-state index contributed by atoms with van der Waals surface area (Å²) in [5, 5.41) is 0. The fourth-order valence-electron chi connectivity index (χ4n) is 1.56. The van der Waals surface area contributed by atoms with Crippen LogP contribution in [0.1, 0.15) is 54.4 Å². The molecule has 0 aromatic heterocycles. The van der Waals surface area contributed by atoms with Crippen molar-refractivity contribution in [2.75, 3.05) is 0 Å². The Hall–Kier alpha value is 0.0569. The fourth-order valence-corrected chi connectivity index (χ4v) is 3.32. The van der Waals surface area contributed by atoms with Gasteiger partial charge in [0.2, 0.25) is 0 Å². The molecule has 1 rings (SSSR count). The minimum absolute atomic E-state index is 0.295. The first-order valence-electron chi connectivity index (χ1n) is 6.48. The van der Waals surface area contributed by atoms with Crippen LogP contribution in [-0.4, -0.2) is 19.8 Å². The smallest absolute Gasteiger partial charge is 0.248 e. The maximum atomic E-state index is 5.65. The van der Waals surface area contributed by atoms with Crippen molar-refractivity contribution in [1.82, 2.24) is 0 Å². The van der Waals surface area contributed by atoms with E-state index in [1.54, 1.807) is 0 Å². The molecule has 0 atom stereocenters. The van der Waals surface area contributed by atoms with Gasteiger partial charge in [-0.05, 0) is 52.6 Å².